The first-order valence-corrected chi connectivity index (χ1v) is 6.25. The number of hydrogen-bond donors (Lipinski definition) is 0. The Hall–Kier alpha value is -1.79. The van der Waals surface area contributed by atoms with E-state index in [0.717, 1.165) is 37.8 Å². The molecule has 6 heteroatoms. The molecule has 0 aliphatic carbocycles. The number of ether oxygens (including phenoxy) is 2. The smallest absolute Gasteiger partial charge is 0.236 e. The van der Waals surface area contributed by atoms with Crippen molar-refractivity contribution in [3.63, 3.8) is 0 Å². The Bertz CT molecular complexity index is 456. The summed E-state index contributed by atoms with van der Waals surface area (Å²) in [4.78, 5) is 14.0. The lowest BCUT2D eigenvalue weighted by molar-refractivity contribution is -0.401. The fourth-order valence-electron chi connectivity index (χ4n) is 1.83. The quantitative estimate of drug-likeness (QED) is 0.603. The van der Waals surface area contributed by atoms with E-state index < -0.39 is 4.92 Å². The van der Waals surface area contributed by atoms with Gasteiger partial charge in [-0.15, -0.1) is 0 Å². The second kappa shape index (κ2) is 6.96. The van der Waals surface area contributed by atoms with Crippen LogP contribution in [0.4, 0.5) is 0 Å². The predicted octanol–water partition coefficient (Wildman–Crippen LogP) is 2.37. The number of nitrogens with zero attached hydrogens (tertiary/aromatic N) is 2. The molecular weight excluding hydrogens is 248 g/mol. The van der Waals surface area contributed by atoms with Gasteiger partial charge < -0.3 is 9.47 Å². The van der Waals surface area contributed by atoms with Gasteiger partial charge in [-0.25, -0.2) is 0 Å². The Kier molecular flexibility index (Phi) is 5.00. The van der Waals surface area contributed by atoms with E-state index in [1.807, 2.05) is 6.07 Å². The minimum atomic E-state index is -0.513. The second-order valence-electron chi connectivity index (χ2n) is 4.26. The highest BCUT2D eigenvalue weighted by atomic mass is 16.7. The molecule has 2 rings (SSSR count). The molecule has 0 radical (unpaired) electrons. The van der Waals surface area contributed by atoms with Crippen molar-refractivity contribution in [2.45, 2.75) is 32.2 Å². The van der Waals surface area contributed by atoms with Gasteiger partial charge in [0.2, 0.25) is 6.20 Å². The Morgan fingerprint density at radius 1 is 1.53 bits per heavy atom. The molecule has 1 saturated heterocycles. The van der Waals surface area contributed by atoms with Gasteiger partial charge in [-0.2, -0.15) is 0 Å². The first-order valence-electron chi connectivity index (χ1n) is 6.25. The van der Waals surface area contributed by atoms with Crippen LogP contribution in [-0.4, -0.2) is 22.8 Å². The van der Waals surface area contributed by atoms with Crippen molar-refractivity contribution in [1.29, 1.82) is 0 Å². The molecule has 1 aliphatic rings. The van der Waals surface area contributed by atoms with Crippen LogP contribution in [0.2, 0.25) is 0 Å². The minimum Gasteiger partial charge on any atom is -0.353 e. The lowest BCUT2D eigenvalue weighted by atomic mass is 10.2. The molecule has 1 aliphatic heterocycles. The molecule has 0 bridgehead atoms. The number of nitro groups is 1. The van der Waals surface area contributed by atoms with Gasteiger partial charge in [0.25, 0.3) is 0 Å². The number of pyridine rings is 1. The van der Waals surface area contributed by atoms with E-state index in [1.54, 1.807) is 12.1 Å². The summed E-state index contributed by atoms with van der Waals surface area (Å²) in [6.45, 7) is 1.09. The summed E-state index contributed by atoms with van der Waals surface area (Å²) in [5.74, 6) is 0. The van der Waals surface area contributed by atoms with Gasteiger partial charge in [0.15, 0.2) is 6.29 Å². The monoisotopic (exact) mass is 264 g/mol. The number of hydrogen-bond acceptors (Lipinski definition) is 5. The van der Waals surface area contributed by atoms with Gasteiger partial charge in [-0.1, -0.05) is 6.07 Å². The summed E-state index contributed by atoms with van der Waals surface area (Å²) < 4.78 is 11.1. The average Bonchev–Trinajstić information content (AvgIpc) is 2.44. The Morgan fingerprint density at radius 3 is 3.16 bits per heavy atom. The van der Waals surface area contributed by atoms with E-state index in [1.165, 1.54) is 6.08 Å². The van der Waals surface area contributed by atoms with Gasteiger partial charge >= 0.3 is 0 Å². The highest BCUT2D eigenvalue weighted by Crippen LogP contribution is 2.15. The molecule has 102 valence electrons. The van der Waals surface area contributed by atoms with Gasteiger partial charge in [0.1, 0.15) is 0 Å². The first-order chi connectivity index (χ1) is 9.24. The van der Waals surface area contributed by atoms with E-state index in [-0.39, 0.29) is 6.29 Å². The molecule has 0 N–H and O–H groups in total. The van der Waals surface area contributed by atoms with Crippen molar-refractivity contribution in [1.82, 2.24) is 4.98 Å². The van der Waals surface area contributed by atoms with E-state index in [9.17, 15) is 10.1 Å². The summed E-state index contributed by atoms with van der Waals surface area (Å²) in [5, 5.41) is 10.2. The van der Waals surface area contributed by atoms with Crippen molar-refractivity contribution in [3.8, 4) is 0 Å². The molecule has 6 nitrogen and oxygen atoms in total. The summed E-state index contributed by atoms with van der Waals surface area (Å²) in [6.07, 6.45) is 5.18. The van der Waals surface area contributed by atoms with Crippen LogP contribution < -0.4 is 0 Å². The highest BCUT2D eigenvalue weighted by molar-refractivity contribution is 5.42. The summed E-state index contributed by atoms with van der Waals surface area (Å²) >= 11 is 0. The third kappa shape index (κ3) is 4.76. The lowest BCUT2D eigenvalue weighted by Gasteiger charge is -2.22. The van der Waals surface area contributed by atoms with Gasteiger partial charge in [-0.05, 0) is 31.4 Å². The van der Waals surface area contributed by atoms with E-state index in [2.05, 4.69) is 4.98 Å². The normalized spacial score (nSPS) is 19.7. The Balaban J connectivity index is 1.89. The molecule has 0 amide bonds. The molecule has 0 aromatic carbocycles. The molecule has 19 heavy (non-hydrogen) atoms. The molecule has 1 atom stereocenters. The van der Waals surface area contributed by atoms with Crippen LogP contribution in [0.15, 0.2) is 24.4 Å². The summed E-state index contributed by atoms with van der Waals surface area (Å²) in [5.41, 5.74) is 1.28. The van der Waals surface area contributed by atoms with Crippen LogP contribution in [-0.2, 0) is 16.1 Å². The van der Waals surface area contributed by atoms with E-state index >= 15 is 0 Å². The molecule has 0 saturated carbocycles. The van der Waals surface area contributed by atoms with Crippen LogP contribution in [0.1, 0.15) is 30.7 Å². The Morgan fingerprint density at radius 2 is 2.42 bits per heavy atom. The highest BCUT2D eigenvalue weighted by Gasteiger charge is 2.14. The third-order valence-corrected chi connectivity index (χ3v) is 2.75. The molecule has 2 heterocycles. The zero-order valence-corrected chi connectivity index (χ0v) is 10.5. The molecule has 1 aromatic heterocycles. The molecule has 1 fully saturated rings. The third-order valence-electron chi connectivity index (χ3n) is 2.75. The maximum absolute atomic E-state index is 10.2. The van der Waals surface area contributed by atoms with Gasteiger partial charge in [0, 0.05) is 12.7 Å². The zero-order chi connectivity index (χ0) is 13.5. The van der Waals surface area contributed by atoms with Crippen LogP contribution in [0.25, 0.3) is 6.08 Å². The van der Waals surface area contributed by atoms with Crippen molar-refractivity contribution in [2.24, 2.45) is 0 Å². The Labute approximate surface area is 111 Å². The number of aromatic nitrogens is 1. The van der Waals surface area contributed by atoms with Gasteiger partial charge in [-0.3, -0.25) is 15.1 Å². The zero-order valence-electron chi connectivity index (χ0n) is 10.5. The fourth-order valence-corrected chi connectivity index (χ4v) is 1.83. The van der Waals surface area contributed by atoms with Crippen molar-refractivity contribution < 1.29 is 14.4 Å². The second-order valence-corrected chi connectivity index (χ2v) is 4.26. The standard InChI is InChI=1S/C13H16N2O4/c16-15(17)8-7-11-4-3-5-12(14-11)10-19-13-6-1-2-9-18-13/h3-5,7-8,13H,1-2,6,9-10H2/b8-7+. The molecule has 1 unspecified atom stereocenters. The summed E-state index contributed by atoms with van der Waals surface area (Å²) in [7, 11) is 0. The van der Waals surface area contributed by atoms with Gasteiger partial charge in [0.05, 0.1) is 22.9 Å². The first kappa shape index (κ1) is 13.6. The minimum absolute atomic E-state index is 0.159. The van der Waals surface area contributed by atoms with Crippen LogP contribution in [0.3, 0.4) is 0 Å². The van der Waals surface area contributed by atoms with Crippen molar-refractivity contribution >= 4 is 6.08 Å². The fraction of sp³-hybridized carbons (Fsp3) is 0.462. The van der Waals surface area contributed by atoms with Crippen LogP contribution in [0.5, 0.6) is 0 Å². The van der Waals surface area contributed by atoms with Crippen LogP contribution >= 0.6 is 0 Å². The van der Waals surface area contributed by atoms with Crippen molar-refractivity contribution in [2.75, 3.05) is 6.61 Å². The molecular formula is C13H16N2O4. The lowest BCUT2D eigenvalue weighted by Crippen LogP contribution is -2.22. The SMILES string of the molecule is O=[N+]([O-])/C=C/c1cccc(COC2CCCCO2)n1. The van der Waals surface area contributed by atoms with E-state index in [4.69, 9.17) is 9.47 Å². The predicted molar refractivity (Wildman–Crippen MR) is 68.6 cm³/mol. The molecule has 0 spiro atoms. The number of rotatable bonds is 5. The maximum atomic E-state index is 10.2. The largest absolute Gasteiger partial charge is 0.353 e. The van der Waals surface area contributed by atoms with Crippen molar-refractivity contribution in [3.05, 3.63) is 45.9 Å². The summed E-state index contributed by atoms with van der Waals surface area (Å²) in [6, 6.07) is 5.33. The topological polar surface area (TPSA) is 74.5 Å². The molecule has 1 aromatic rings. The van der Waals surface area contributed by atoms with Crippen LogP contribution in [0, 0.1) is 10.1 Å². The van der Waals surface area contributed by atoms with E-state index in [0.29, 0.717) is 12.3 Å². The average molecular weight is 264 g/mol. The maximum Gasteiger partial charge on any atom is 0.236 e.